The van der Waals surface area contributed by atoms with Crippen LogP contribution in [0.3, 0.4) is 0 Å². The Morgan fingerprint density at radius 1 is 1.89 bits per heavy atom. The maximum absolute atomic E-state index is 12.8. The molecule has 1 rings (SSSR count). The highest BCUT2D eigenvalue weighted by atomic mass is 79.9. The van der Waals surface area contributed by atoms with Gasteiger partial charge in [0.05, 0.1) is 6.20 Å². The fourth-order valence-corrected chi connectivity index (χ4v) is 0.744. The van der Waals surface area contributed by atoms with Gasteiger partial charge in [-0.1, -0.05) is 0 Å². The molecule has 1 aromatic rings. The lowest BCUT2D eigenvalue weighted by atomic mass is 10.3. The van der Waals surface area contributed by atoms with Crippen LogP contribution < -0.4 is 0 Å². The molecule has 0 spiro atoms. The normalized spacial score (nSPS) is 16.0. The van der Waals surface area contributed by atoms with Gasteiger partial charge in [-0.15, -0.1) is 0 Å². The molecule has 0 aliphatic rings. The lowest BCUT2D eigenvalue weighted by molar-refractivity contribution is 0.611. The molecule has 0 saturated carbocycles. The Hall–Kier alpha value is -0.440. The molecular formula is C6H5BrFN. The Bertz CT molecular complexity index is 299. The van der Waals surface area contributed by atoms with Crippen LogP contribution in [0.4, 0.5) is 4.39 Å². The fraction of sp³-hybridized carbons (Fsp3) is 0.167. The van der Waals surface area contributed by atoms with Gasteiger partial charge in [0.2, 0.25) is 0 Å². The third-order valence-corrected chi connectivity index (χ3v) is 1.26. The summed E-state index contributed by atoms with van der Waals surface area (Å²) in [7, 11) is 0. The first-order chi connectivity index (χ1) is 5.41. The summed E-state index contributed by atoms with van der Waals surface area (Å²) in [6.45, 7) is -2.42. The summed E-state index contributed by atoms with van der Waals surface area (Å²) in [5.74, 6) is -0.807. The van der Waals surface area contributed by atoms with E-state index in [2.05, 4.69) is 20.9 Å². The smallest absolute Gasteiger partial charge is 0.144 e. The Balaban J connectivity index is 3.23. The van der Waals surface area contributed by atoms with Crippen LogP contribution in [0.2, 0.25) is 0 Å². The van der Waals surface area contributed by atoms with Gasteiger partial charge in [-0.3, -0.25) is 0 Å². The van der Waals surface area contributed by atoms with Gasteiger partial charge >= 0.3 is 0 Å². The van der Waals surface area contributed by atoms with Crippen LogP contribution in [-0.2, 0) is 0 Å². The Morgan fingerprint density at radius 3 is 3.22 bits per heavy atom. The molecule has 0 atom stereocenters. The Morgan fingerprint density at radius 2 is 2.67 bits per heavy atom. The largest absolute Gasteiger partial charge is 0.246 e. The van der Waals surface area contributed by atoms with E-state index >= 15 is 0 Å². The van der Waals surface area contributed by atoms with Crippen LogP contribution >= 0.6 is 15.9 Å². The van der Waals surface area contributed by atoms with Crippen LogP contribution in [0.15, 0.2) is 16.9 Å². The summed E-state index contributed by atoms with van der Waals surface area (Å²) in [5, 5.41) is 0. The quantitative estimate of drug-likeness (QED) is 0.576. The Kier molecular flexibility index (Phi) is 0.990. The van der Waals surface area contributed by atoms with Gasteiger partial charge in [-0.25, -0.2) is 9.37 Å². The first-order valence-corrected chi connectivity index (χ1v) is 3.02. The molecule has 48 valence electrons. The third kappa shape index (κ3) is 1.48. The molecule has 0 saturated heterocycles. The average Bonchev–Trinajstić information content (AvgIpc) is 1.92. The van der Waals surface area contributed by atoms with Crippen molar-refractivity contribution in [3.05, 3.63) is 28.2 Å². The van der Waals surface area contributed by atoms with Crippen molar-refractivity contribution in [2.24, 2.45) is 0 Å². The monoisotopic (exact) mass is 192 g/mol. The van der Waals surface area contributed by atoms with E-state index in [1.54, 1.807) is 0 Å². The van der Waals surface area contributed by atoms with Crippen molar-refractivity contribution in [3.8, 4) is 0 Å². The minimum Gasteiger partial charge on any atom is -0.246 e. The van der Waals surface area contributed by atoms with Crippen LogP contribution in [0.1, 0.15) is 9.68 Å². The fourth-order valence-electron chi connectivity index (χ4n) is 0.413. The molecule has 0 unspecified atom stereocenters. The number of hydrogen-bond acceptors (Lipinski definition) is 1. The molecule has 9 heavy (non-hydrogen) atoms. The molecule has 0 aromatic carbocycles. The van der Waals surface area contributed by atoms with Crippen molar-refractivity contribution in [1.29, 1.82) is 0 Å². The maximum Gasteiger partial charge on any atom is 0.144 e. The summed E-state index contributed by atoms with van der Waals surface area (Å²) in [5.41, 5.74) is -0.315. The second-order valence-electron chi connectivity index (χ2n) is 1.49. The predicted molar refractivity (Wildman–Crippen MR) is 36.6 cm³/mol. The summed E-state index contributed by atoms with van der Waals surface area (Å²) < 4.78 is 34.0. The van der Waals surface area contributed by atoms with E-state index in [0.29, 0.717) is 4.60 Å². The number of aromatic nitrogens is 1. The first-order valence-electron chi connectivity index (χ1n) is 3.73. The molecule has 1 aromatic heterocycles. The van der Waals surface area contributed by atoms with E-state index in [0.717, 1.165) is 12.3 Å². The molecule has 1 heterocycles. The SMILES string of the molecule is [2H]C([2H])([2H])c1cc(Br)ncc1F. The average molecular weight is 193 g/mol. The van der Waals surface area contributed by atoms with Crippen molar-refractivity contribution in [1.82, 2.24) is 4.98 Å². The highest BCUT2D eigenvalue weighted by molar-refractivity contribution is 9.10. The van der Waals surface area contributed by atoms with Crippen LogP contribution in [0.5, 0.6) is 0 Å². The molecule has 1 nitrogen and oxygen atoms in total. The highest BCUT2D eigenvalue weighted by Crippen LogP contribution is 2.09. The predicted octanol–water partition coefficient (Wildman–Crippen LogP) is 2.29. The van der Waals surface area contributed by atoms with E-state index in [1.807, 2.05) is 0 Å². The molecule has 0 aliphatic carbocycles. The first kappa shape index (κ1) is 3.66. The van der Waals surface area contributed by atoms with Crippen LogP contribution in [0.25, 0.3) is 0 Å². The second-order valence-corrected chi connectivity index (χ2v) is 2.30. The van der Waals surface area contributed by atoms with Crippen LogP contribution in [0, 0.1) is 12.7 Å². The summed E-state index contributed by atoms with van der Waals surface area (Å²) in [6.07, 6.45) is 0.881. The number of hydrogen-bond donors (Lipinski definition) is 0. The van der Waals surface area contributed by atoms with Crippen LogP contribution in [-0.4, -0.2) is 4.98 Å². The Labute approximate surface area is 65.3 Å². The number of pyridine rings is 1. The van der Waals surface area contributed by atoms with Gasteiger partial charge < -0.3 is 0 Å². The van der Waals surface area contributed by atoms with Gasteiger partial charge in [-0.05, 0) is 34.4 Å². The number of halogens is 2. The summed E-state index contributed by atoms with van der Waals surface area (Å²) >= 11 is 2.96. The molecule has 0 bridgehead atoms. The highest BCUT2D eigenvalue weighted by Gasteiger charge is 1.95. The summed E-state index contributed by atoms with van der Waals surface area (Å²) in [4.78, 5) is 3.54. The molecule has 0 radical (unpaired) electrons. The zero-order valence-corrected chi connectivity index (χ0v) is 5.94. The van der Waals surface area contributed by atoms with Crippen molar-refractivity contribution in [3.63, 3.8) is 0 Å². The maximum atomic E-state index is 12.8. The zero-order chi connectivity index (χ0) is 9.35. The lowest BCUT2D eigenvalue weighted by Crippen LogP contribution is -1.83. The van der Waals surface area contributed by atoms with Gasteiger partial charge in [0.15, 0.2) is 0 Å². The van der Waals surface area contributed by atoms with Crippen molar-refractivity contribution < 1.29 is 8.50 Å². The van der Waals surface area contributed by atoms with E-state index in [-0.39, 0.29) is 5.56 Å². The van der Waals surface area contributed by atoms with Crippen molar-refractivity contribution >= 4 is 15.9 Å². The molecule has 0 fully saturated rings. The molecule has 0 amide bonds. The molecular weight excluding hydrogens is 185 g/mol. The molecule has 0 aliphatic heterocycles. The third-order valence-electron chi connectivity index (χ3n) is 0.822. The minimum absolute atomic E-state index is 0.315. The lowest BCUT2D eigenvalue weighted by Gasteiger charge is -1.92. The minimum atomic E-state index is -2.42. The van der Waals surface area contributed by atoms with Crippen molar-refractivity contribution in [2.75, 3.05) is 0 Å². The summed E-state index contributed by atoms with van der Waals surface area (Å²) in [6, 6.07) is 1.16. The van der Waals surface area contributed by atoms with Gasteiger partial charge in [0, 0.05) is 4.11 Å². The van der Waals surface area contributed by atoms with E-state index < -0.39 is 12.7 Å². The van der Waals surface area contributed by atoms with E-state index in [9.17, 15) is 4.39 Å². The number of aryl methyl sites for hydroxylation is 1. The molecule has 0 N–H and O–H groups in total. The second kappa shape index (κ2) is 2.43. The van der Waals surface area contributed by atoms with Gasteiger partial charge in [0.1, 0.15) is 10.4 Å². The number of nitrogens with zero attached hydrogens (tertiary/aromatic N) is 1. The standard InChI is InChI=1S/C6H5BrFN/c1-4-2-6(7)9-3-5(4)8/h2-3H,1H3/i1D3. The topological polar surface area (TPSA) is 12.9 Å². The van der Waals surface area contributed by atoms with Crippen molar-refractivity contribution in [2.45, 2.75) is 6.85 Å². The van der Waals surface area contributed by atoms with E-state index in [1.165, 1.54) is 0 Å². The van der Waals surface area contributed by atoms with E-state index in [4.69, 9.17) is 4.11 Å². The zero-order valence-electron chi connectivity index (χ0n) is 7.36. The van der Waals surface area contributed by atoms with Gasteiger partial charge in [0.25, 0.3) is 0 Å². The number of rotatable bonds is 0. The van der Waals surface area contributed by atoms with Gasteiger partial charge in [-0.2, -0.15) is 0 Å². The molecule has 3 heteroatoms.